The van der Waals surface area contributed by atoms with Gasteiger partial charge in [-0.3, -0.25) is 0 Å². The van der Waals surface area contributed by atoms with Crippen LogP contribution in [-0.2, 0) is 10.0 Å². The Morgan fingerprint density at radius 1 is 1.08 bits per heavy atom. The van der Waals surface area contributed by atoms with E-state index in [2.05, 4.69) is 9.71 Å². The highest BCUT2D eigenvalue weighted by atomic mass is 32.2. The van der Waals surface area contributed by atoms with Crippen molar-refractivity contribution in [2.45, 2.75) is 4.90 Å². The topological polar surface area (TPSA) is 88.0 Å². The summed E-state index contributed by atoms with van der Waals surface area (Å²) in [6, 6.07) is 7.71. The Kier molecular flexibility index (Phi) is 4.35. The largest absolute Gasteiger partial charge is 0.360 e. The average molecular weight is 351 g/mol. The molecule has 0 amide bonds. The third kappa shape index (κ3) is 3.16. The Balaban J connectivity index is 2.11. The first kappa shape index (κ1) is 16.6. The zero-order valence-corrected chi connectivity index (χ0v) is 13.3. The highest BCUT2D eigenvalue weighted by Gasteiger charge is 2.17. The zero-order valence-electron chi connectivity index (χ0n) is 12.5. The van der Waals surface area contributed by atoms with Crippen molar-refractivity contribution >= 4 is 20.9 Å². The van der Waals surface area contributed by atoms with Crippen LogP contribution in [0.4, 0.5) is 8.78 Å². The Morgan fingerprint density at radius 2 is 1.88 bits per heavy atom. The highest BCUT2D eigenvalue weighted by molar-refractivity contribution is 7.89. The molecule has 3 aromatic rings. The van der Waals surface area contributed by atoms with E-state index in [0.29, 0.717) is 22.0 Å². The van der Waals surface area contributed by atoms with Crippen molar-refractivity contribution < 1.29 is 17.2 Å². The molecule has 0 aliphatic rings. The van der Waals surface area contributed by atoms with Crippen molar-refractivity contribution in [3.05, 3.63) is 54.2 Å². The first-order valence-corrected chi connectivity index (χ1v) is 8.66. The summed E-state index contributed by atoms with van der Waals surface area (Å²) >= 11 is 0. The molecule has 1 aromatic heterocycles. The molecule has 5 nitrogen and oxygen atoms in total. The lowest BCUT2D eigenvalue weighted by Gasteiger charge is -2.08. The van der Waals surface area contributed by atoms with E-state index >= 15 is 0 Å². The summed E-state index contributed by atoms with van der Waals surface area (Å²) in [4.78, 5) is 2.70. The molecular formula is C16H15F2N3O2S. The summed E-state index contributed by atoms with van der Waals surface area (Å²) in [5.41, 5.74) is 6.79. The van der Waals surface area contributed by atoms with Crippen LogP contribution in [0, 0.1) is 11.6 Å². The zero-order chi connectivity index (χ0) is 17.3. The van der Waals surface area contributed by atoms with Crippen LogP contribution >= 0.6 is 0 Å². The molecule has 0 spiro atoms. The van der Waals surface area contributed by atoms with Crippen LogP contribution in [-0.4, -0.2) is 26.5 Å². The third-order valence-electron chi connectivity index (χ3n) is 3.57. The molecule has 0 saturated heterocycles. The van der Waals surface area contributed by atoms with Gasteiger partial charge in [0.1, 0.15) is 11.6 Å². The minimum atomic E-state index is -3.86. The lowest BCUT2D eigenvalue weighted by Crippen LogP contribution is -2.29. The molecule has 8 heteroatoms. The summed E-state index contributed by atoms with van der Waals surface area (Å²) < 4.78 is 53.9. The summed E-state index contributed by atoms with van der Waals surface area (Å²) in [5, 5.41) is 0.667. The van der Waals surface area contributed by atoms with E-state index in [1.807, 2.05) is 0 Å². The van der Waals surface area contributed by atoms with Gasteiger partial charge in [-0.2, -0.15) is 0 Å². The first-order valence-electron chi connectivity index (χ1n) is 7.18. The van der Waals surface area contributed by atoms with E-state index in [0.717, 1.165) is 6.07 Å². The maximum atomic E-state index is 13.9. The molecule has 2 aromatic carbocycles. The van der Waals surface area contributed by atoms with E-state index in [9.17, 15) is 17.2 Å². The van der Waals surface area contributed by atoms with Gasteiger partial charge in [0.25, 0.3) is 0 Å². The van der Waals surface area contributed by atoms with Gasteiger partial charge in [0.15, 0.2) is 0 Å². The van der Waals surface area contributed by atoms with Crippen molar-refractivity contribution in [2.75, 3.05) is 13.1 Å². The van der Waals surface area contributed by atoms with Crippen molar-refractivity contribution in [3.63, 3.8) is 0 Å². The summed E-state index contributed by atoms with van der Waals surface area (Å²) in [6.07, 6.45) is 1.59. The molecule has 4 N–H and O–H groups in total. The van der Waals surface area contributed by atoms with Crippen molar-refractivity contribution in [3.8, 4) is 11.1 Å². The number of aromatic nitrogens is 1. The van der Waals surface area contributed by atoms with Crippen LogP contribution in [0.3, 0.4) is 0 Å². The Morgan fingerprint density at radius 3 is 2.62 bits per heavy atom. The molecule has 0 radical (unpaired) electrons. The molecular weight excluding hydrogens is 336 g/mol. The van der Waals surface area contributed by atoms with Gasteiger partial charge in [-0.25, -0.2) is 21.9 Å². The van der Waals surface area contributed by atoms with E-state index in [1.165, 1.54) is 24.3 Å². The number of nitrogens with two attached hydrogens (primary N) is 1. The molecule has 0 aliphatic carbocycles. The van der Waals surface area contributed by atoms with Crippen molar-refractivity contribution in [1.82, 2.24) is 9.71 Å². The SMILES string of the molecule is NCCNS(=O)(=O)c1cc(F)cc(-c2c[nH]c3cc(F)ccc23)c1. The third-order valence-corrected chi connectivity index (χ3v) is 5.01. The fourth-order valence-electron chi connectivity index (χ4n) is 2.49. The number of rotatable bonds is 5. The molecule has 0 aliphatic heterocycles. The Hall–Kier alpha value is -2.29. The fraction of sp³-hybridized carbons (Fsp3) is 0.125. The van der Waals surface area contributed by atoms with Crippen LogP contribution < -0.4 is 10.5 Å². The predicted octanol–water partition coefficient (Wildman–Crippen LogP) is 2.35. The van der Waals surface area contributed by atoms with Crippen molar-refractivity contribution in [2.24, 2.45) is 5.73 Å². The van der Waals surface area contributed by atoms with Crippen LogP contribution in [0.25, 0.3) is 22.0 Å². The number of halogens is 2. The molecule has 126 valence electrons. The van der Waals surface area contributed by atoms with Gasteiger partial charge in [-0.05, 0) is 42.0 Å². The summed E-state index contributed by atoms with van der Waals surface area (Å²) in [5.74, 6) is -1.08. The number of hydrogen-bond donors (Lipinski definition) is 3. The lowest BCUT2D eigenvalue weighted by atomic mass is 10.0. The van der Waals surface area contributed by atoms with Gasteiger partial charge >= 0.3 is 0 Å². The summed E-state index contributed by atoms with van der Waals surface area (Å²) in [7, 11) is -3.86. The molecule has 0 saturated carbocycles. The van der Waals surface area contributed by atoms with Crippen LogP contribution in [0.5, 0.6) is 0 Å². The predicted molar refractivity (Wildman–Crippen MR) is 87.9 cm³/mol. The van der Waals surface area contributed by atoms with E-state index in [-0.39, 0.29) is 18.0 Å². The maximum absolute atomic E-state index is 13.9. The standard InChI is InChI=1S/C16H15F2N3O2S/c17-11-1-2-14-15(9-20-16(14)8-11)10-5-12(18)7-13(6-10)24(22,23)21-4-3-19/h1-2,5-9,20-21H,3-4,19H2. The smallest absolute Gasteiger partial charge is 0.240 e. The van der Waals surface area contributed by atoms with E-state index in [1.54, 1.807) is 12.3 Å². The van der Waals surface area contributed by atoms with Gasteiger partial charge in [0.05, 0.1) is 4.90 Å². The van der Waals surface area contributed by atoms with Crippen LogP contribution in [0.1, 0.15) is 0 Å². The molecule has 3 rings (SSSR count). The van der Waals surface area contributed by atoms with Crippen LogP contribution in [0.15, 0.2) is 47.5 Å². The second kappa shape index (κ2) is 6.31. The number of nitrogens with one attached hydrogen (secondary N) is 2. The number of benzene rings is 2. The van der Waals surface area contributed by atoms with Crippen LogP contribution in [0.2, 0.25) is 0 Å². The highest BCUT2D eigenvalue weighted by Crippen LogP contribution is 2.31. The monoisotopic (exact) mass is 351 g/mol. The minimum Gasteiger partial charge on any atom is -0.360 e. The minimum absolute atomic E-state index is 0.0561. The van der Waals surface area contributed by atoms with Gasteiger partial charge in [-0.15, -0.1) is 0 Å². The molecule has 0 unspecified atom stereocenters. The number of H-pyrrole nitrogens is 1. The number of hydrogen-bond acceptors (Lipinski definition) is 3. The molecule has 24 heavy (non-hydrogen) atoms. The second-order valence-electron chi connectivity index (χ2n) is 5.25. The van der Waals surface area contributed by atoms with Gasteiger partial charge in [0, 0.05) is 35.8 Å². The number of sulfonamides is 1. The Labute approximate surface area is 137 Å². The lowest BCUT2D eigenvalue weighted by molar-refractivity contribution is 0.578. The second-order valence-corrected chi connectivity index (χ2v) is 7.02. The molecule has 0 bridgehead atoms. The molecule has 0 atom stereocenters. The van der Waals surface area contributed by atoms with Gasteiger partial charge < -0.3 is 10.7 Å². The normalized spacial score (nSPS) is 12.0. The quantitative estimate of drug-likeness (QED) is 0.659. The molecule has 1 heterocycles. The Bertz CT molecular complexity index is 1000. The average Bonchev–Trinajstić information content (AvgIpc) is 2.95. The van der Waals surface area contributed by atoms with Crippen molar-refractivity contribution in [1.29, 1.82) is 0 Å². The fourth-order valence-corrected chi connectivity index (χ4v) is 3.59. The summed E-state index contributed by atoms with van der Waals surface area (Å²) in [6.45, 7) is 0.190. The number of fused-ring (bicyclic) bond motifs is 1. The van der Waals surface area contributed by atoms with Gasteiger partial charge in [-0.1, -0.05) is 0 Å². The molecule has 0 fully saturated rings. The first-order chi connectivity index (χ1) is 11.4. The van der Waals surface area contributed by atoms with E-state index < -0.39 is 21.7 Å². The van der Waals surface area contributed by atoms with E-state index in [4.69, 9.17) is 5.73 Å². The maximum Gasteiger partial charge on any atom is 0.240 e. The number of aromatic amines is 1. The van der Waals surface area contributed by atoms with Gasteiger partial charge in [0.2, 0.25) is 10.0 Å².